The van der Waals surface area contributed by atoms with Gasteiger partial charge in [0.15, 0.2) is 11.5 Å². The molecule has 8 nitrogen and oxygen atoms in total. The predicted octanol–water partition coefficient (Wildman–Crippen LogP) is 2.11. The van der Waals surface area contributed by atoms with Crippen LogP contribution in [0.5, 0.6) is 5.88 Å². The number of hydrogen-bond donors (Lipinski definition) is 2. The van der Waals surface area contributed by atoms with Crippen LogP contribution >= 0.6 is 12.4 Å². The van der Waals surface area contributed by atoms with Crippen molar-refractivity contribution in [2.24, 2.45) is 5.73 Å². The number of nitrogens with zero attached hydrogens (tertiary/aromatic N) is 3. The number of benzene rings is 1. The third kappa shape index (κ3) is 5.18. The first-order valence-corrected chi connectivity index (χ1v) is 6.93. The van der Waals surface area contributed by atoms with Gasteiger partial charge in [-0.2, -0.15) is 0 Å². The van der Waals surface area contributed by atoms with E-state index >= 15 is 0 Å². The molecule has 24 heavy (non-hydrogen) atoms. The van der Waals surface area contributed by atoms with Crippen molar-refractivity contribution < 1.29 is 14.1 Å². The Bertz CT molecular complexity index is 699. The molecule has 0 aliphatic rings. The molecular weight excluding hydrogens is 334 g/mol. The number of aromatic amines is 1. The molecule has 128 valence electrons. The molecule has 0 saturated carbocycles. The van der Waals surface area contributed by atoms with Crippen LogP contribution in [0.4, 0.5) is 0 Å². The minimum absolute atomic E-state index is 0. The van der Waals surface area contributed by atoms with E-state index in [1.165, 1.54) is 6.92 Å². The van der Waals surface area contributed by atoms with Crippen molar-refractivity contribution in [2.45, 2.75) is 6.92 Å². The average molecular weight is 352 g/mol. The summed E-state index contributed by atoms with van der Waals surface area (Å²) in [5.74, 6) is 0.476. The van der Waals surface area contributed by atoms with Crippen LogP contribution in [-0.4, -0.2) is 39.5 Å². The van der Waals surface area contributed by atoms with Crippen LogP contribution in [0.15, 0.2) is 47.2 Å². The summed E-state index contributed by atoms with van der Waals surface area (Å²) in [6.45, 7) is 2.10. The Kier molecular flexibility index (Phi) is 8.17. The molecular formula is C15H18ClN5O3. The summed E-state index contributed by atoms with van der Waals surface area (Å²) in [5.41, 5.74) is 6.50. The van der Waals surface area contributed by atoms with Gasteiger partial charge < -0.3 is 15.0 Å². The second kappa shape index (κ2) is 10.1. The standard InChI is InChI=1S/C13H14N2O3.C2H3N3.ClH/c1-9(16)11-12(10-5-3-2-4-6-10)18-15-13(11)17-8-7-14;1-2-4-5-3-1;/h2-6H,7-8,14H2,1H3;1-2H,(H,3,4,5);1H. The van der Waals surface area contributed by atoms with Crippen LogP contribution < -0.4 is 10.5 Å². The highest BCUT2D eigenvalue weighted by Gasteiger charge is 2.22. The van der Waals surface area contributed by atoms with Gasteiger partial charge in [-0.1, -0.05) is 35.5 Å². The lowest BCUT2D eigenvalue weighted by Crippen LogP contribution is -2.12. The molecule has 0 aliphatic carbocycles. The van der Waals surface area contributed by atoms with E-state index in [-0.39, 0.29) is 24.1 Å². The maximum atomic E-state index is 11.7. The summed E-state index contributed by atoms with van der Waals surface area (Å²) >= 11 is 0. The number of carbonyl (C=O) groups is 1. The Balaban J connectivity index is 0.000000412. The number of halogens is 1. The number of hydrogen-bond acceptors (Lipinski definition) is 7. The lowest BCUT2D eigenvalue weighted by Gasteiger charge is -2.01. The van der Waals surface area contributed by atoms with Gasteiger partial charge in [0.25, 0.3) is 5.88 Å². The molecule has 3 aromatic rings. The van der Waals surface area contributed by atoms with E-state index in [0.717, 1.165) is 5.56 Å². The number of H-pyrrole nitrogens is 1. The molecule has 0 saturated heterocycles. The Labute approximate surface area is 144 Å². The predicted molar refractivity (Wildman–Crippen MR) is 90.1 cm³/mol. The normalized spacial score (nSPS) is 9.42. The molecule has 2 heterocycles. The fraction of sp³-hybridized carbons (Fsp3) is 0.200. The third-order valence-corrected chi connectivity index (χ3v) is 2.74. The molecule has 0 unspecified atom stereocenters. The van der Waals surface area contributed by atoms with Crippen LogP contribution in [0.1, 0.15) is 17.3 Å². The number of ketones is 1. The Morgan fingerprint density at radius 1 is 1.33 bits per heavy atom. The first-order chi connectivity index (χ1) is 11.2. The molecule has 0 spiro atoms. The zero-order valence-corrected chi connectivity index (χ0v) is 13.8. The SMILES string of the molecule is CC(=O)c1c(OCCN)noc1-c1ccccc1.Cl.c1c[nH]nn1. The smallest absolute Gasteiger partial charge is 0.265 e. The highest BCUT2D eigenvalue weighted by molar-refractivity contribution is 6.01. The monoisotopic (exact) mass is 351 g/mol. The molecule has 3 rings (SSSR count). The topological polar surface area (TPSA) is 120 Å². The molecule has 0 bridgehead atoms. The van der Waals surface area contributed by atoms with E-state index in [0.29, 0.717) is 24.5 Å². The second-order valence-corrected chi connectivity index (χ2v) is 4.41. The van der Waals surface area contributed by atoms with E-state index in [4.69, 9.17) is 15.0 Å². The first kappa shape index (κ1) is 19.3. The maximum absolute atomic E-state index is 11.7. The fourth-order valence-corrected chi connectivity index (χ4v) is 1.79. The summed E-state index contributed by atoms with van der Waals surface area (Å²) < 4.78 is 10.5. The van der Waals surface area contributed by atoms with Crippen molar-refractivity contribution in [3.05, 3.63) is 48.3 Å². The van der Waals surface area contributed by atoms with E-state index in [1.807, 2.05) is 30.3 Å². The quantitative estimate of drug-likeness (QED) is 0.675. The Morgan fingerprint density at radius 2 is 2.08 bits per heavy atom. The van der Waals surface area contributed by atoms with E-state index in [9.17, 15) is 4.79 Å². The molecule has 2 aromatic heterocycles. The molecule has 0 fully saturated rings. The van der Waals surface area contributed by atoms with Crippen LogP contribution in [0, 0.1) is 0 Å². The third-order valence-electron chi connectivity index (χ3n) is 2.74. The number of aromatic nitrogens is 4. The Hall–Kier alpha value is -2.71. The maximum Gasteiger partial charge on any atom is 0.265 e. The molecule has 0 atom stereocenters. The number of Topliss-reactive ketones (excluding diaryl/α,β-unsaturated/α-hetero) is 1. The highest BCUT2D eigenvalue weighted by Crippen LogP contribution is 2.30. The fourth-order valence-electron chi connectivity index (χ4n) is 1.79. The number of rotatable bonds is 5. The van der Waals surface area contributed by atoms with Gasteiger partial charge in [-0.05, 0) is 12.1 Å². The number of nitrogens with one attached hydrogen (secondary N) is 1. The zero-order valence-electron chi connectivity index (χ0n) is 13.0. The van der Waals surface area contributed by atoms with Gasteiger partial charge in [0, 0.05) is 18.3 Å². The molecule has 0 aliphatic heterocycles. The van der Waals surface area contributed by atoms with Gasteiger partial charge in [0.1, 0.15) is 12.2 Å². The molecule has 0 radical (unpaired) electrons. The number of nitrogens with two attached hydrogens (primary N) is 1. The molecule has 1 aromatic carbocycles. The van der Waals surface area contributed by atoms with Gasteiger partial charge in [-0.15, -0.1) is 17.5 Å². The largest absolute Gasteiger partial charge is 0.474 e. The van der Waals surface area contributed by atoms with Crippen molar-refractivity contribution in [1.82, 2.24) is 20.6 Å². The summed E-state index contributed by atoms with van der Waals surface area (Å²) in [4.78, 5) is 11.7. The minimum atomic E-state index is -0.151. The van der Waals surface area contributed by atoms with Crippen molar-refractivity contribution in [2.75, 3.05) is 13.2 Å². The zero-order chi connectivity index (χ0) is 16.5. The van der Waals surface area contributed by atoms with Gasteiger partial charge in [0.05, 0.1) is 6.20 Å². The summed E-state index contributed by atoms with van der Waals surface area (Å²) in [6.07, 6.45) is 3.24. The van der Waals surface area contributed by atoms with E-state index < -0.39 is 0 Å². The summed E-state index contributed by atoms with van der Waals surface area (Å²) in [6, 6.07) is 9.31. The number of carbonyl (C=O) groups excluding carboxylic acids is 1. The van der Waals surface area contributed by atoms with Gasteiger partial charge >= 0.3 is 0 Å². The number of ether oxygens (including phenoxy) is 1. The van der Waals surface area contributed by atoms with Crippen LogP contribution in [0.25, 0.3) is 11.3 Å². The molecule has 0 amide bonds. The lowest BCUT2D eigenvalue weighted by atomic mass is 10.1. The second-order valence-electron chi connectivity index (χ2n) is 4.41. The van der Waals surface area contributed by atoms with Crippen LogP contribution in [-0.2, 0) is 0 Å². The van der Waals surface area contributed by atoms with Crippen LogP contribution in [0.3, 0.4) is 0 Å². The van der Waals surface area contributed by atoms with Gasteiger partial charge in [0.2, 0.25) is 0 Å². The van der Waals surface area contributed by atoms with Crippen LogP contribution in [0.2, 0.25) is 0 Å². The minimum Gasteiger partial charge on any atom is -0.474 e. The van der Waals surface area contributed by atoms with Crippen molar-refractivity contribution in [3.63, 3.8) is 0 Å². The van der Waals surface area contributed by atoms with Gasteiger partial charge in [-0.25, -0.2) is 0 Å². The van der Waals surface area contributed by atoms with Crippen molar-refractivity contribution in [1.29, 1.82) is 0 Å². The molecule has 3 N–H and O–H groups in total. The molecule has 9 heteroatoms. The van der Waals surface area contributed by atoms with Crippen molar-refractivity contribution >= 4 is 18.2 Å². The summed E-state index contributed by atoms with van der Waals surface area (Å²) in [7, 11) is 0. The summed E-state index contributed by atoms with van der Waals surface area (Å²) in [5, 5.41) is 13.0. The lowest BCUT2D eigenvalue weighted by molar-refractivity contribution is 0.101. The highest BCUT2D eigenvalue weighted by atomic mass is 35.5. The average Bonchev–Trinajstić information content (AvgIpc) is 3.26. The van der Waals surface area contributed by atoms with E-state index in [1.54, 1.807) is 12.4 Å². The van der Waals surface area contributed by atoms with Gasteiger partial charge in [-0.3, -0.25) is 9.89 Å². The van der Waals surface area contributed by atoms with E-state index in [2.05, 4.69) is 20.6 Å². The Morgan fingerprint density at radius 3 is 2.58 bits per heavy atom. The first-order valence-electron chi connectivity index (χ1n) is 6.93. The van der Waals surface area contributed by atoms with Crippen molar-refractivity contribution in [3.8, 4) is 17.2 Å².